The molecule has 3 heteroatoms. The van der Waals surface area contributed by atoms with Crippen molar-refractivity contribution in [2.45, 2.75) is 32.7 Å². The molecule has 0 unspecified atom stereocenters. The van der Waals surface area contributed by atoms with Crippen LogP contribution in [0.5, 0.6) is 0 Å². The second kappa shape index (κ2) is 7.58. The first-order chi connectivity index (χ1) is 11.3. The Balaban J connectivity index is 0.00000169. The summed E-state index contributed by atoms with van der Waals surface area (Å²) in [5.41, 5.74) is 5.68. The van der Waals surface area contributed by atoms with Gasteiger partial charge in [-0.25, -0.2) is 0 Å². The molecular weight excluding hydrogens is 316 g/mol. The number of rotatable bonds is 5. The van der Waals surface area contributed by atoms with Crippen LogP contribution in [0.25, 0.3) is 0 Å². The minimum atomic E-state index is 0. The molecule has 0 atom stereocenters. The van der Waals surface area contributed by atoms with Crippen LogP contribution in [0.2, 0.25) is 0 Å². The molecule has 4 rings (SSSR count). The molecule has 0 N–H and O–H groups in total. The third-order valence-electron chi connectivity index (χ3n) is 5.19. The Kier molecular flexibility index (Phi) is 5.47. The first-order valence-corrected chi connectivity index (χ1v) is 9.00. The van der Waals surface area contributed by atoms with Crippen molar-refractivity contribution in [3.05, 3.63) is 59.7 Å². The first kappa shape index (κ1) is 17.3. The van der Waals surface area contributed by atoms with Crippen LogP contribution in [0.15, 0.2) is 48.5 Å². The molecule has 0 spiro atoms. The summed E-state index contributed by atoms with van der Waals surface area (Å²) in [6.45, 7) is 6.89. The van der Waals surface area contributed by atoms with Crippen LogP contribution in [0.1, 0.15) is 30.9 Å². The lowest BCUT2D eigenvalue weighted by Crippen LogP contribution is -2.32. The van der Waals surface area contributed by atoms with Crippen LogP contribution in [-0.4, -0.2) is 24.5 Å². The second-order valence-corrected chi connectivity index (χ2v) is 6.96. The summed E-state index contributed by atoms with van der Waals surface area (Å²) in [4.78, 5) is 5.06. The largest absolute Gasteiger partial charge is 0.342 e. The van der Waals surface area contributed by atoms with E-state index >= 15 is 0 Å². The smallest absolute Gasteiger partial charge is 0.0414 e. The van der Waals surface area contributed by atoms with E-state index in [2.05, 4.69) is 65.3 Å². The topological polar surface area (TPSA) is 6.48 Å². The highest BCUT2D eigenvalue weighted by Crippen LogP contribution is 2.33. The van der Waals surface area contributed by atoms with E-state index in [0.717, 1.165) is 19.0 Å². The van der Waals surface area contributed by atoms with Crippen molar-refractivity contribution in [2.24, 2.45) is 5.92 Å². The van der Waals surface area contributed by atoms with Gasteiger partial charge in [0.2, 0.25) is 0 Å². The minimum Gasteiger partial charge on any atom is -0.342 e. The maximum atomic E-state index is 2.66. The average Bonchev–Trinajstić information content (AvgIpc) is 3.40. The highest BCUT2D eigenvalue weighted by atomic mass is 35.5. The van der Waals surface area contributed by atoms with Crippen LogP contribution in [0, 0.1) is 5.92 Å². The molecule has 2 aliphatic rings. The van der Waals surface area contributed by atoms with Gasteiger partial charge in [-0.2, -0.15) is 0 Å². The van der Waals surface area contributed by atoms with Crippen molar-refractivity contribution in [1.29, 1.82) is 0 Å². The van der Waals surface area contributed by atoms with Crippen LogP contribution in [-0.2, 0) is 13.0 Å². The molecule has 24 heavy (non-hydrogen) atoms. The number of nitrogens with zero attached hydrogens (tertiary/aromatic N) is 2. The van der Waals surface area contributed by atoms with Crippen molar-refractivity contribution in [3.8, 4) is 0 Å². The molecule has 1 saturated carbocycles. The molecule has 0 aromatic heterocycles. The SMILES string of the molecule is CCN(c1ccccc1)c1ccc2c(c1)CN(CC1CC1)CC2.Cl. The molecule has 0 radical (unpaired) electrons. The highest BCUT2D eigenvalue weighted by Gasteiger charge is 2.26. The number of hydrogen-bond donors (Lipinski definition) is 0. The summed E-state index contributed by atoms with van der Waals surface area (Å²) < 4.78 is 0. The molecule has 2 aromatic carbocycles. The van der Waals surface area contributed by atoms with E-state index in [9.17, 15) is 0 Å². The van der Waals surface area contributed by atoms with Gasteiger partial charge in [-0.3, -0.25) is 4.90 Å². The van der Waals surface area contributed by atoms with Crippen molar-refractivity contribution < 1.29 is 0 Å². The Labute approximate surface area is 151 Å². The van der Waals surface area contributed by atoms with E-state index in [-0.39, 0.29) is 12.4 Å². The number of benzene rings is 2. The van der Waals surface area contributed by atoms with Gasteiger partial charge in [-0.15, -0.1) is 12.4 Å². The van der Waals surface area contributed by atoms with E-state index in [0.29, 0.717) is 0 Å². The molecule has 1 heterocycles. The van der Waals surface area contributed by atoms with Crippen molar-refractivity contribution in [2.75, 3.05) is 24.5 Å². The maximum absolute atomic E-state index is 2.66. The van der Waals surface area contributed by atoms with Crippen LogP contribution < -0.4 is 4.90 Å². The number of anilines is 2. The minimum absolute atomic E-state index is 0. The van der Waals surface area contributed by atoms with E-state index in [1.165, 1.54) is 49.3 Å². The average molecular weight is 343 g/mol. The van der Waals surface area contributed by atoms with Crippen LogP contribution >= 0.6 is 12.4 Å². The number of halogens is 1. The molecular formula is C21H27ClN2. The highest BCUT2D eigenvalue weighted by molar-refractivity contribution is 5.85. The van der Waals surface area contributed by atoms with Crippen molar-refractivity contribution >= 4 is 23.8 Å². The first-order valence-electron chi connectivity index (χ1n) is 9.00. The predicted molar refractivity (Wildman–Crippen MR) is 105 cm³/mol. The Morgan fingerprint density at radius 2 is 1.79 bits per heavy atom. The summed E-state index contributed by atoms with van der Waals surface area (Å²) in [6, 6.07) is 17.8. The summed E-state index contributed by atoms with van der Waals surface area (Å²) in [7, 11) is 0. The lowest BCUT2D eigenvalue weighted by molar-refractivity contribution is 0.244. The molecule has 0 saturated heterocycles. The number of fused-ring (bicyclic) bond motifs is 1. The van der Waals surface area contributed by atoms with Crippen molar-refractivity contribution in [1.82, 2.24) is 4.90 Å². The molecule has 1 fully saturated rings. The molecule has 0 bridgehead atoms. The zero-order valence-corrected chi connectivity index (χ0v) is 15.3. The van der Waals surface area contributed by atoms with E-state index in [1.807, 2.05) is 0 Å². The Morgan fingerprint density at radius 1 is 1.00 bits per heavy atom. The molecule has 2 aromatic rings. The normalized spacial score (nSPS) is 17.0. The van der Waals surface area contributed by atoms with Gasteiger partial charge in [0.25, 0.3) is 0 Å². The van der Waals surface area contributed by atoms with Gasteiger partial charge in [0.1, 0.15) is 0 Å². The van der Waals surface area contributed by atoms with E-state index < -0.39 is 0 Å². The Hall–Kier alpha value is -1.51. The fourth-order valence-electron chi connectivity index (χ4n) is 3.71. The lowest BCUT2D eigenvalue weighted by atomic mass is 9.98. The fourth-order valence-corrected chi connectivity index (χ4v) is 3.71. The lowest BCUT2D eigenvalue weighted by Gasteiger charge is -2.31. The Morgan fingerprint density at radius 3 is 2.50 bits per heavy atom. The zero-order valence-electron chi connectivity index (χ0n) is 14.4. The van der Waals surface area contributed by atoms with Crippen LogP contribution in [0.4, 0.5) is 11.4 Å². The number of hydrogen-bond acceptors (Lipinski definition) is 2. The quantitative estimate of drug-likeness (QED) is 0.751. The molecule has 1 aliphatic carbocycles. The predicted octanol–water partition coefficient (Wildman–Crippen LogP) is 5.03. The third kappa shape index (κ3) is 3.76. The molecule has 128 valence electrons. The second-order valence-electron chi connectivity index (χ2n) is 6.96. The summed E-state index contributed by atoms with van der Waals surface area (Å²) in [5.74, 6) is 0.983. The maximum Gasteiger partial charge on any atom is 0.0414 e. The Bertz CT molecular complexity index is 667. The molecule has 1 aliphatic heterocycles. The van der Waals surface area contributed by atoms with Crippen molar-refractivity contribution in [3.63, 3.8) is 0 Å². The van der Waals surface area contributed by atoms with Gasteiger partial charge >= 0.3 is 0 Å². The van der Waals surface area contributed by atoms with Gasteiger partial charge in [0.05, 0.1) is 0 Å². The van der Waals surface area contributed by atoms with Crippen LogP contribution in [0.3, 0.4) is 0 Å². The molecule has 0 amide bonds. The van der Waals surface area contributed by atoms with Gasteiger partial charge in [0, 0.05) is 37.6 Å². The number of para-hydroxylation sites is 1. The van der Waals surface area contributed by atoms with Gasteiger partial charge in [-0.05, 0) is 67.5 Å². The molecule has 2 nitrogen and oxygen atoms in total. The van der Waals surface area contributed by atoms with E-state index in [4.69, 9.17) is 0 Å². The summed E-state index contributed by atoms with van der Waals surface area (Å²) in [5, 5.41) is 0. The standard InChI is InChI=1S/C21H26N2.ClH/c1-2-23(20-6-4-3-5-7-20)21-11-10-18-12-13-22(15-17-8-9-17)16-19(18)14-21;/h3-7,10-11,14,17H,2,8-9,12-13,15-16H2,1H3;1H. The monoisotopic (exact) mass is 342 g/mol. The summed E-state index contributed by atoms with van der Waals surface area (Å²) >= 11 is 0. The summed E-state index contributed by atoms with van der Waals surface area (Å²) in [6.07, 6.45) is 4.10. The zero-order chi connectivity index (χ0) is 15.6. The third-order valence-corrected chi connectivity index (χ3v) is 5.19. The fraction of sp³-hybridized carbons (Fsp3) is 0.429. The van der Waals surface area contributed by atoms with Gasteiger partial charge < -0.3 is 4.90 Å². The van der Waals surface area contributed by atoms with Gasteiger partial charge in [0.15, 0.2) is 0 Å². The van der Waals surface area contributed by atoms with E-state index in [1.54, 1.807) is 5.56 Å². The van der Waals surface area contributed by atoms with Gasteiger partial charge in [-0.1, -0.05) is 24.3 Å².